The normalized spacial score (nSPS) is 14.1. The van der Waals surface area contributed by atoms with Crippen molar-refractivity contribution in [3.8, 4) is 11.1 Å². The summed E-state index contributed by atoms with van der Waals surface area (Å²) in [5.74, 6) is 0.0997. The first-order valence-electron chi connectivity index (χ1n) is 10.9. The van der Waals surface area contributed by atoms with Crippen molar-refractivity contribution in [2.24, 2.45) is 0 Å². The molecule has 0 saturated carbocycles. The maximum absolute atomic E-state index is 12.2. The van der Waals surface area contributed by atoms with Gasteiger partial charge in [0.25, 0.3) is 0 Å². The zero-order valence-corrected chi connectivity index (χ0v) is 17.6. The highest BCUT2D eigenvalue weighted by Gasteiger charge is 2.28. The van der Waals surface area contributed by atoms with Crippen LogP contribution in [0.25, 0.3) is 17.2 Å². The highest BCUT2D eigenvalue weighted by molar-refractivity contribution is 5.99. The number of nitrogens with one attached hydrogen (secondary N) is 2. The second-order valence-electron chi connectivity index (χ2n) is 8.08. The number of rotatable bonds is 6. The third-order valence-corrected chi connectivity index (χ3v) is 5.99. The summed E-state index contributed by atoms with van der Waals surface area (Å²) in [5, 5.41) is 5.65. The minimum Gasteiger partial charge on any atom is -0.449 e. The third-order valence-electron chi connectivity index (χ3n) is 5.99. The molecule has 2 N–H and O–H groups in total. The molecule has 5 nitrogen and oxygen atoms in total. The van der Waals surface area contributed by atoms with Crippen LogP contribution in [0.15, 0.2) is 72.8 Å². The van der Waals surface area contributed by atoms with Crippen LogP contribution >= 0.6 is 0 Å². The molecule has 0 atom stereocenters. The smallest absolute Gasteiger partial charge is 0.407 e. The van der Waals surface area contributed by atoms with Gasteiger partial charge in [-0.2, -0.15) is 0 Å². The van der Waals surface area contributed by atoms with Gasteiger partial charge in [-0.25, -0.2) is 4.79 Å². The maximum Gasteiger partial charge on any atom is 0.407 e. The van der Waals surface area contributed by atoms with Gasteiger partial charge in [0, 0.05) is 18.2 Å². The second kappa shape index (κ2) is 8.71. The molecule has 1 aliphatic heterocycles. The molecule has 0 aromatic heterocycles. The van der Waals surface area contributed by atoms with Crippen LogP contribution in [0, 0.1) is 0 Å². The maximum atomic E-state index is 12.2. The van der Waals surface area contributed by atoms with Crippen LogP contribution in [0.2, 0.25) is 0 Å². The van der Waals surface area contributed by atoms with E-state index in [0.717, 1.165) is 16.8 Å². The Bertz CT molecular complexity index is 1170. The number of anilines is 1. The zero-order valence-electron chi connectivity index (χ0n) is 17.6. The SMILES string of the molecule is O=C1Cc2cc(C=CCCNC(=O)OCC3c4ccccc4-c4ccccc43)ccc2N1. The van der Waals surface area contributed by atoms with Gasteiger partial charge in [0.05, 0.1) is 6.42 Å². The van der Waals surface area contributed by atoms with Gasteiger partial charge < -0.3 is 15.4 Å². The molecule has 5 heteroatoms. The van der Waals surface area contributed by atoms with E-state index in [9.17, 15) is 9.59 Å². The van der Waals surface area contributed by atoms with E-state index in [0.29, 0.717) is 26.0 Å². The highest BCUT2D eigenvalue weighted by atomic mass is 16.5. The molecule has 1 aliphatic carbocycles. The van der Waals surface area contributed by atoms with Gasteiger partial charge in [-0.15, -0.1) is 0 Å². The molecule has 2 amide bonds. The van der Waals surface area contributed by atoms with E-state index in [1.165, 1.54) is 22.3 Å². The summed E-state index contributed by atoms with van der Waals surface area (Å²) in [5.41, 5.74) is 7.80. The Morgan fingerprint density at radius 1 is 1.03 bits per heavy atom. The van der Waals surface area contributed by atoms with E-state index in [4.69, 9.17) is 4.74 Å². The molecule has 3 aromatic carbocycles. The number of hydrogen-bond donors (Lipinski definition) is 2. The summed E-state index contributed by atoms with van der Waals surface area (Å²) in [6.07, 6.45) is 4.74. The molecule has 1 heterocycles. The average Bonchev–Trinajstić information content (AvgIpc) is 3.34. The first-order valence-corrected chi connectivity index (χ1v) is 10.9. The van der Waals surface area contributed by atoms with Crippen LogP contribution in [-0.2, 0) is 16.0 Å². The van der Waals surface area contributed by atoms with E-state index in [2.05, 4.69) is 34.9 Å². The monoisotopic (exact) mass is 424 g/mol. The average molecular weight is 425 g/mol. The molecule has 2 aliphatic rings. The van der Waals surface area contributed by atoms with Crippen LogP contribution in [0.1, 0.15) is 34.6 Å². The molecule has 160 valence electrons. The van der Waals surface area contributed by atoms with Crippen molar-refractivity contribution >= 4 is 23.8 Å². The quantitative estimate of drug-likeness (QED) is 0.540. The number of fused-ring (bicyclic) bond motifs is 4. The van der Waals surface area contributed by atoms with Gasteiger partial charge in [0.15, 0.2) is 0 Å². The largest absolute Gasteiger partial charge is 0.449 e. The van der Waals surface area contributed by atoms with Crippen molar-refractivity contribution in [1.29, 1.82) is 0 Å². The Morgan fingerprint density at radius 3 is 2.50 bits per heavy atom. The summed E-state index contributed by atoms with van der Waals surface area (Å²) in [4.78, 5) is 23.7. The fraction of sp³-hybridized carbons (Fsp3) is 0.185. The standard InChI is InChI=1S/C27H24N2O3/c30-26-16-19-15-18(12-13-25(19)29-26)7-5-6-14-28-27(31)32-17-24-22-10-3-1-8-20(22)21-9-2-4-11-23(21)24/h1-5,7-13,15,24H,6,14,16-17H2,(H,28,31)(H,29,30). The summed E-state index contributed by atoms with van der Waals surface area (Å²) in [6, 6.07) is 22.5. The van der Waals surface area contributed by atoms with E-state index in [1.807, 2.05) is 54.6 Å². The lowest BCUT2D eigenvalue weighted by Gasteiger charge is -2.14. The Morgan fingerprint density at radius 2 is 1.75 bits per heavy atom. The zero-order chi connectivity index (χ0) is 21.9. The van der Waals surface area contributed by atoms with Crippen LogP contribution < -0.4 is 10.6 Å². The summed E-state index contributed by atoms with van der Waals surface area (Å²) < 4.78 is 5.55. The number of hydrogen-bond acceptors (Lipinski definition) is 3. The topological polar surface area (TPSA) is 67.4 Å². The number of amides is 2. The molecular weight excluding hydrogens is 400 g/mol. The van der Waals surface area contributed by atoms with Gasteiger partial charge in [-0.1, -0.05) is 66.7 Å². The molecule has 0 bridgehead atoms. The van der Waals surface area contributed by atoms with Gasteiger partial charge in [0.1, 0.15) is 6.61 Å². The molecule has 0 fully saturated rings. The van der Waals surface area contributed by atoms with E-state index in [1.54, 1.807) is 0 Å². The molecule has 0 radical (unpaired) electrons. The van der Waals surface area contributed by atoms with Crippen LogP contribution in [0.3, 0.4) is 0 Å². The lowest BCUT2D eigenvalue weighted by molar-refractivity contribution is -0.115. The van der Waals surface area contributed by atoms with E-state index < -0.39 is 6.09 Å². The predicted octanol–water partition coefficient (Wildman–Crippen LogP) is 5.12. The van der Waals surface area contributed by atoms with Gasteiger partial charge in [-0.05, 0) is 51.9 Å². The van der Waals surface area contributed by atoms with Crippen molar-refractivity contribution in [1.82, 2.24) is 5.32 Å². The van der Waals surface area contributed by atoms with Crippen molar-refractivity contribution in [3.63, 3.8) is 0 Å². The lowest BCUT2D eigenvalue weighted by atomic mass is 9.98. The van der Waals surface area contributed by atoms with Crippen molar-refractivity contribution in [2.75, 3.05) is 18.5 Å². The molecule has 0 unspecified atom stereocenters. The Hall–Kier alpha value is -3.86. The number of carbonyl (C=O) groups is 2. The van der Waals surface area contributed by atoms with Gasteiger partial charge in [0.2, 0.25) is 5.91 Å². The first kappa shape index (κ1) is 20.1. The highest BCUT2D eigenvalue weighted by Crippen LogP contribution is 2.44. The molecule has 5 rings (SSSR count). The van der Waals surface area contributed by atoms with Crippen LogP contribution in [0.4, 0.5) is 10.5 Å². The van der Waals surface area contributed by atoms with Crippen LogP contribution in [0.5, 0.6) is 0 Å². The van der Waals surface area contributed by atoms with Gasteiger partial charge >= 0.3 is 6.09 Å². The summed E-state index contributed by atoms with van der Waals surface area (Å²) >= 11 is 0. The molecular formula is C27H24N2O3. The Balaban J connectivity index is 1.11. The summed E-state index contributed by atoms with van der Waals surface area (Å²) in [6.45, 7) is 0.815. The van der Waals surface area contributed by atoms with Crippen molar-refractivity contribution in [3.05, 3.63) is 95.1 Å². The minimum absolute atomic E-state index is 0.0356. The number of ether oxygens (including phenoxy) is 1. The second-order valence-corrected chi connectivity index (χ2v) is 8.08. The number of carbonyl (C=O) groups excluding carboxylic acids is 2. The van der Waals surface area contributed by atoms with E-state index >= 15 is 0 Å². The molecule has 0 saturated heterocycles. The number of benzene rings is 3. The van der Waals surface area contributed by atoms with E-state index in [-0.39, 0.29) is 11.8 Å². The molecule has 3 aromatic rings. The molecule has 32 heavy (non-hydrogen) atoms. The minimum atomic E-state index is -0.401. The first-order chi connectivity index (χ1) is 15.7. The van der Waals surface area contributed by atoms with Crippen molar-refractivity contribution in [2.45, 2.75) is 18.8 Å². The fourth-order valence-corrected chi connectivity index (χ4v) is 4.48. The Kier molecular flexibility index (Phi) is 5.46. The predicted molar refractivity (Wildman–Crippen MR) is 125 cm³/mol. The van der Waals surface area contributed by atoms with Gasteiger partial charge in [-0.3, -0.25) is 4.79 Å². The summed E-state index contributed by atoms with van der Waals surface area (Å²) in [7, 11) is 0. The molecule has 0 spiro atoms. The van der Waals surface area contributed by atoms with Crippen LogP contribution in [-0.4, -0.2) is 25.2 Å². The third kappa shape index (κ3) is 4.02. The van der Waals surface area contributed by atoms with Crippen molar-refractivity contribution < 1.29 is 14.3 Å². The fourth-order valence-electron chi connectivity index (χ4n) is 4.48. The number of alkyl carbamates (subject to hydrolysis) is 1. The lowest BCUT2D eigenvalue weighted by Crippen LogP contribution is -2.26. The Labute approximate surface area is 187 Å².